The molecule has 0 spiro atoms. The van der Waals surface area contributed by atoms with E-state index in [9.17, 15) is 0 Å². The van der Waals surface area contributed by atoms with Crippen LogP contribution >= 0.6 is 16.1 Å². The van der Waals surface area contributed by atoms with Crippen LogP contribution in [0.15, 0.2) is 0 Å². The lowest BCUT2D eigenvalue weighted by Crippen LogP contribution is -2.16. The minimum atomic E-state index is 0.220. The predicted octanol–water partition coefficient (Wildman–Crippen LogP) is 4.72. The molecule has 0 aromatic heterocycles. The van der Waals surface area contributed by atoms with Gasteiger partial charge in [0, 0.05) is 6.54 Å². The van der Waals surface area contributed by atoms with E-state index in [-0.39, 0.29) is 8.07 Å². The summed E-state index contributed by atoms with van der Waals surface area (Å²) in [7, 11) is 0.511. The molecule has 0 aliphatic carbocycles. The van der Waals surface area contributed by atoms with Gasteiger partial charge in [0.05, 0.1) is 0 Å². The van der Waals surface area contributed by atoms with E-state index >= 15 is 0 Å². The van der Waals surface area contributed by atoms with Crippen LogP contribution in [0.5, 0.6) is 0 Å². The van der Waals surface area contributed by atoms with Gasteiger partial charge in [-0.05, 0) is 60.1 Å². The van der Waals surface area contributed by atoms with E-state index < -0.39 is 0 Å². The molecule has 0 atom stereocenters. The van der Waals surface area contributed by atoms with Gasteiger partial charge in [-0.25, -0.2) is 0 Å². The van der Waals surface area contributed by atoms with Gasteiger partial charge < -0.3 is 0 Å². The molecular formula is C12H27NP2. The van der Waals surface area contributed by atoms with Crippen molar-refractivity contribution in [2.24, 2.45) is 0 Å². The fraction of sp³-hybridized carbons (Fsp3) is 1.00. The predicted molar refractivity (Wildman–Crippen MR) is 75.5 cm³/mol. The quantitative estimate of drug-likeness (QED) is 0.588. The maximum Gasteiger partial charge on any atom is 0.00616 e. The summed E-state index contributed by atoms with van der Waals surface area (Å²) >= 11 is 0. The molecule has 90 valence electrons. The van der Waals surface area contributed by atoms with Gasteiger partial charge in [-0.1, -0.05) is 27.2 Å². The van der Waals surface area contributed by atoms with Gasteiger partial charge in [-0.2, -0.15) is 0 Å². The molecule has 0 N–H and O–H groups in total. The summed E-state index contributed by atoms with van der Waals surface area (Å²) in [5, 5.41) is 0. The normalized spacial score (nSPS) is 18.2. The van der Waals surface area contributed by atoms with Crippen LogP contribution in [0.3, 0.4) is 0 Å². The van der Waals surface area contributed by atoms with E-state index in [0.29, 0.717) is 8.07 Å². The molecular weight excluding hydrogens is 220 g/mol. The SMILES string of the molecule is CCCCN(P(CC)CC)P1CCCC1. The number of hydrogen-bond acceptors (Lipinski definition) is 1. The summed E-state index contributed by atoms with van der Waals surface area (Å²) in [6, 6.07) is 0. The van der Waals surface area contributed by atoms with Gasteiger partial charge in [0.15, 0.2) is 0 Å². The zero-order valence-electron chi connectivity index (χ0n) is 10.7. The third-order valence-electron chi connectivity index (χ3n) is 3.18. The van der Waals surface area contributed by atoms with Gasteiger partial charge in [-0.15, -0.1) is 0 Å². The summed E-state index contributed by atoms with van der Waals surface area (Å²) in [6.07, 6.45) is 11.7. The highest BCUT2D eigenvalue weighted by Crippen LogP contribution is 2.59. The molecule has 1 fully saturated rings. The Morgan fingerprint density at radius 2 is 1.67 bits per heavy atom. The summed E-state index contributed by atoms with van der Waals surface area (Å²) in [6.45, 7) is 8.49. The third kappa shape index (κ3) is 4.29. The lowest BCUT2D eigenvalue weighted by Gasteiger charge is -2.35. The Bertz CT molecular complexity index is 152. The van der Waals surface area contributed by atoms with Crippen molar-refractivity contribution in [1.82, 2.24) is 4.44 Å². The molecule has 0 amide bonds. The highest BCUT2D eigenvalue weighted by atomic mass is 31.2. The number of hydrogen-bond donors (Lipinski definition) is 0. The Kier molecular flexibility index (Phi) is 7.40. The van der Waals surface area contributed by atoms with Gasteiger partial charge in [-0.3, -0.25) is 4.44 Å². The zero-order chi connectivity index (χ0) is 11.1. The second kappa shape index (κ2) is 7.99. The molecule has 0 saturated carbocycles. The molecule has 1 rings (SSSR count). The molecule has 1 saturated heterocycles. The van der Waals surface area contributed by atoms with Crippen LogP contribution in [0.1, 0.15) is 46.5 Å². The molecule has 1 aliphatic heterocycles. The van der Waals surface area contributed by atoms with E-state index in [4.69, 9.17) is 0 Å². The maximum atomic E-state index is 2.96. The second-order valence-electron chi connectivity index (χ2n) is 4.25. The maximum absolute atomic E-state index is 2.96. The fourth-order valence-electron chi connectivity index (χ4n) is 2.24. The van der Waals surface area contributed by atoms with Crippen molar-refractivity contribution in [3.63, 3.8) is 0 Å². The molecule has 0 aromatic carbocycles. The molecule has 1 nitrogen and oxygen atoms in total. The Morgan fingerprint density at radius 1 is 1.07 bits per heavy atom. The van der Waals surface area contributed by atoms with Crippen molar-refractivity contribution < 1.29 is 0 Å². The Hall–Kier alpha value is 0.820. The van der Waals surface area contributed by atoms with Gasteiger partial charge in [0.2, 0.25) is 0 Å². The van der Waals surface area contributed by atoms with Crippen LogP contribution in [-0.4, -0.2) is 35.6 Å². The molecule has 0 bridgehead atoms. The first-order valence-corrected chi connectivity index (χ1v) is 9.93. The standard InChI is InChI=1S/C12H27NP2/c1-4-7-10-13(14(5-2)6-3)15-11-8-9-12-15/h4-12H2,1-3H3. The van der Waals surface area contributed by atoms with Crippen molar-refractivity contribution in [1.29, 1.82) is 0 Å². The van der Waals surface area contributed by atoms with Crippen LogP contribution in [0.25, 0.3) is 0 Å². The highest BCUT2D eigenvalue weighted by molar-refractivity contribution is 7.70. The van der Waals surface area contributed by atoms with E-state index in [0.717, 1.165) is 0 Å². The van der Waals surface area contributed by atoms with E-state index in [1.807, 2.05) is 0 Å². The first-order chi connectivity index (χ1) is 7.33. The molecule has 1 heterocycles. The fourth-order valence-corrected chi connectivity index (χ4v) is 8.78. The van der Waals surface area contributed by atoms with Crippen molar-refractivity contribution >= 4 is 16.1 Å². The minimum absolute atomic E-state index is 0.220. The smallest absolute Gasteiger partial charge is 0.00616 e. The van der Waals surface area contributed by atoms with E-state index in [2.05, 4.69) is 25.2 Å². The lowest BCUT2D eigenvalue weighted by atomic mass is 10.3. The Labute approximate surface area is 98.6 Å². The Morgan fingerprint density at radius 3 is 2.13 bits per heavy atom. The van der Waals surface area contributed by atoms with Crippen molar-refractivity contribution in [2.75, 3.05) is 31.2 Å². The molecule has 0 unspecified atom stereocenters. The third-order valence-corrected chi connectivity index (χ3v) is 9.53. The van der Waals surface area contributed by atoms with Gasteiger partial charge in [0.1, 0.15) is 0 Å². The molecule has 3 heteroatoms. The van der Waals surface area contributed by atoms with Crippen LogP contribution < -0.4 is 0 Å². The minimum Gasteiger partial charge on any atom is -0.260 e. The van der Waals surface area contributed by atoms with Crippen molar-refractivity contribution in [3.05, 3.63) is 0 Å². The van der Waals surface area contributed by atoms with Crippen molar-refractivity contribution in [3.8, 4) is 0 Å². The molecule has 15 heavy (non-hydrogen) atoms. The molecule has 0 radical (unpaired) electrons. The molecule has 0 aromatic rings. The summed E-state index contributed by atoms with van der Waals surface area (Å²) in [5.74, 6) is 0. The largest absolute Gasteiger partial charge is 0.260 e. The van der Waals surface area contributed by atoms with Crippen molar-refractivity contribution in [2.45, 2.75) is 46.5 Å². The highest BCUT2D eigenvalue weighted by Gasteiger charge is 2.25. The first-order valence-electron chi connectivity index (χ1n) is 6.60. The monoisotopic (exact) mass is 247 g/mol. The summed E-state index contributed by atoms with van der Waals surface area (Å²) in [4.78, 5) is 0. The van der Waals surface area contributed by atoms with Crippen LogP contribution in [-0.2, 0) is 0 Å². The van der Waals surface area contributed by atoms with Gasteiger partial charge >= 0.3 is 0 Å². The number of rotatable bonds is 7. The summed E-state index contributed by atoms with van der Waals surface area (Å²) < 4.78 is 2.96. The first kappa shape index (κ1) is 13.9. The van der Waals surface area contributed by atoms with Crippen LogP contribution in [0.2, 0.25) is 0 Å². The topological polar surface area (TPSA) is 3.24 Å². The second-order valence-corrected chi connectivity index (χ2v) is 9.72. The zero-order valence-corrected chi connectivity index (χ0v) is 12.5. The van der Waals surface area contributed by atoms with Gasteiger partial charge in [0.25, 0.3) is 0 Å². The van der Waals surface area contributed by atoms with Crippen LogP contribution in [0.4, 0.5) is 0 Å². The molecule has 1 aliphatic rings. The van der Waals surface area contributed by atoms with E-state index in [1.165, 1.54) is 56.9 Å². The number of unbranched alkanes of at least 4 members (excludes halogenated alkanes) is 1. The Balaban J connectivity index is 2.49. The van der Waals surface area contributed by atoms with Crippen LogP contribution in [0, 0.1) is 0 Å². The number of nitrogens with zero attached hydrogens (tertiary/aromatic N) is 1. The summed E-state index contributed by atoms with van der Waals surface area (Å²) in [5.41, 5.74) is 0. The average Bonchev–Trinajstić information content (AvgIpc) is 2.77. The van der Waals surface area contributed by atoms with E-state index in [1.54, 1.807) is 0 Å². The average molecular weight is 247 g/mol. The lowest BCUT2D eigenvalue weighted by molar-refractivity contribution is 0.633.